The van der Waals surface area contributed by atoms with Crippen molar-refractivity contribution in [2.24, 2.45) is 0 Å². The third-order valence-corrected chi connectivity index (χ3v) is 6.81. The molecule has 0 saturated carbocycles. The molecule has 1 aromatic heterocycles. The number of imide groups is 1. The number of anilines is 1. The van der Waals surface area contributed by atoms with Crippen molar-refractivity contribution < 1.29 is 9.59 Å². The van der Waals surface area contributed by atoms with Crippen LogP contribution in [0.25, 0.3) is 28.2 Å². The van der Waals surface area contributed by atoms with Gasteiger partial charge in [0.2, 0.25) is 0 Å². The summed E-state index contributed by atoms with van der Waals surface area (Å²) in [5, 5.41) is 2.86. The van der Waals surface area contributed by atoms with Gasteiger partial charge in [-0.3, -0.25) is 19.8 Å². The van der Waals surface area contributed by atoms with E-state index in [0.717, 1.165) is 72.2 Å². The molecule has 2 saturated heterocycles. The third kappa shape index (κ3) is 4.62. The molecule has 0 unspecified atom stereocenters. The zero-order chi connectivity index (χ0) is 22.8. The molecule has 7 nitrogen and oxygen atoms in total. The minimum absolute atomic E-state index is 0.344. The number of rotatable bonds is 5. The average Bonchev–Trinajstić information content (AvgIpc) is 3.15. The van der Waals surface area contributed by atoms with Crippen molar-refractivity contribution in [1.82, 2.24) is 20.2 Å². The van der Waals surface area contributed by atoms with Gasteiger partial charge < -0.3 is 4.90 Å². The summed E-state index contributed by atoms with van der Waals surface area (Å²) in [4.78, 5) is 37.8. The molecule has 2 fully saturated rings. The quantitative estimate of drug-likeness (QED) is 0.574. The third-order valence-electron chi connectivity index (χ3n) is 6.00. The van der Waals surface area contributed by atoms with E-state index in [-0.39, 0.29) is 11.1 Å². The van der Waals surface area contributed by atoms with Gasteiger partial charge in [0, 0.05) is 42.8 Å². The van der Waals surface area contributed by atoms with Crippen molar-refractivity contribution in [2.45, 2.75) is 13.3 Å². The van der Waals surface area contributed by atoms with E-state index in [0.29, 0.717) is 4.91 Å². The summed E-state index contributed by atoms with van der Waals surface area (Å²) in [5.74, 6) is -0.360. The first kappa shape index (κ1) is 21.6. The molecule has 8 heteroatoms. The highest BCUT2D eigenvalue weighted by atomic mass is 32.2. The van der Waals surface area contributed by atoms with Crippen LogP contribution in [0.4, 0.5) is 10.5 Å². The molecule has 3 heterocycles. The number of amides is 2. The minimum Gasteiger partial charge on any atom is -0.369 e. The molecule has 0 aliphatic carbocycles. The van der Waals surface area contributed by atoms with E-state index in [1.165, 1.54) is 12.1 Å². The Morgan fingerprint density at radius 1 is 1.06 bits per heavy atom. The Hall–Kier alpha value is -3.23. The van der Waals surface area contributed by atoms with E-state index < -0.39 is 0 Å². The van der Waals surface area contributed by atoms with Crippen molar-refractivity contribution in [3.63, 3.8) is 0 Å². The monoisotopic (exact) mass is 459 g/mol. The summed E-state index contributed by atoms with van der Waals surface area (Å²) in [6, 6.07) is 14.3. The molecule has 0 radical (unpaired) electrons. The molecule has 0 bridgehead atoms. The number of nitrogens with zero attached hydrogens (tertiary/aromatic N) is 4. The molecule has 2 amide bonds. The van der Waals surface area contributed by atoms with Crippen LogP contribution in [-0.2, 0) is 4.79 Å². The Balaban J connectivity index is 1.46. The lowest BCUT2D eigenvalue weighted by Gasteiger charge is -2.36. The lowest BCUT2D eigenvalue weighted by molar-refractivity contribution is -0.115. The van der Waals surface area contributed by atoms with E-state index in [4.69, 9.17) is 0 Å². The Labute approximate surface area is 196 Å². The fourth-order valence-electron chi connectivity index (χ4n) is 4.36. The van der Waals surface area contributed by atoms with Crippen LogP contribution in [0.1, 0.15) is 18.9 Å². The summed E-state index contributed by atoms with van der Waals surface area (Å²) in [6.07, 6.45) is 4.51. The highest BCUT2D eigenvalue weighted by molar-refractivity contribution is 8.18. The number of thioether (sulfide) groups is 1. The van der Waals surface area contributed by atoms with Crippen molar-refractivity contribution in [3.8, 4) is 11.3 Å². The number of nitrogens with one attached hydrogen (secondary N) is 1. The summed E-state index contributed by atoms with van der Waals surface area (Å²) < 4.78 is 0. The van der Waals surface area contributed by atoms with Crippen molar-refractivity contribution >= 4 is 45.6 Å². The zero-order valence-electron chi connectivity index (χ0n) is 18.5. The van der Waals surface area contributed by atoms with Crippen LogP contribution >= 0.6 is 11.8 Å². The van der Waals surface area contributed by atoms with Gasteiger partial charge in [0.05, 0.1) is 16.1 Å². The molecular weight excluding hydrogens is 434 g/mol. The second-order valence-electron chi connectivity index (χ2n) is 8.23. The number of hydrogen-bond donors (Lipinski definition) is 1. The molecule has 0 atom stereocenters. The predicted octanol–water partition coefficient (Wildman–Crippen LogP) is 4.15. The van der Waals surface area contributed by atoms with Crippen LogP contribution in [0.15, 0.2) is 53.7 Å². The largest absolute Gasteiger partial charge is 0.369 e. The predicted molar refractivity (Wildman–Crippen MR) is 133 cm³/mol. The first-order chi connectivity index (χ1) is 16.1. The summed E-state index contributed by atoms with van der Waals surface area (Å²) in [6.45, 7) is 7.59. The molecule has 2 aromatic carbocycles. The lowest BCUT2D eigenvalue weighted by Crippen LogP contribution is -2.46. The average molecular weight is 460 g/mol. The number of benzene rings is 2. The summed E-state index contributed by atoms with van der Waals surface area (Å²) in [5.41, 5.74) is 4.75. The fourth-order valence-corrected chi connectivity index (χ4v) is 5.04. The number of carbonyl (C=O) groups is 2. The van der Waals surface area contributed by atoms with Crippen molar-refractivity contribution in [2.75, 3.05) is 37.6 Å². The van der Waals surface area contributed by atoms with Crippen molar-refractivity contribution in [1.29, 1.82) is 0 Å². The maximum Gasteiger partial charge on any atom is 0.290 e. The molecule has 2 aliphatic heterocycles. The van der Waals surface area contributed by atoms with Crippen molar-refractivity contribution in [3.05, 3.63) is 59.3 Å². The van der Waals surface area contributed by atoms with Gasteiger partial charge in [-0.05, 0) is 60.6 Å². The lowest BCUT2D eigenvalue weighted by atomic mass is 10.0. The van der Waals surface area contributed by atoms with E-state index in [9.17, 15) is 9.59 Å². The Morgan fingerprint density at radius 2 is 1.91 bits per heavy atom. The fraction of sp³-hybridized carbons (Fsp3) is 0.280. The van der Waals surface area contributed by atoms with Gasteiger partial charge in [-0.2, -0.15) is 0 Å². The first-order valence-electron chi connectivity index (χ1n) is 11.2. The second kappa shape index (κ2) is 9.33. The van der Waals surface area contributed by atoms with Gasteiger partial charge in [-0.25, -0.2) is 9.97 Å². The number of aromatic nitrogens is 2. The normalized spacial score (nSPS) is 18.3. The number of carbonyl (C=O) groups excluding carboxylic acids is 2. The minimum atomic E-state index is -0.360. The second-order valence-corrected chi connectivity index (χ2v) is 9.24. The molecule has 2 aliphatic rings. The Morgan fingerprint density at radius 3 is 2.67 bits per heavy atom. The Bertz CT molecular complexity index is 1250. The van der Waals surface area contributed by atoms with Gasteiger partial charge in [-0.15, -0.1) is 0 Å². The first-order valence-corrected chi connectivity index (χ1v) is 12.0. The standard InChI is InChI=1S/C25H25N5O2S/c1-2-8-29-9-11-30(12-10-29)19-5-3-4-18(15-19)23-20-13-17(6-7-21(20)26-16-27-23)14-22-24(31)28-25(32)33-22/h3-7,13-16H,2,8-12H2,1H3,(H,28,31,32)/b22-14-. The maximum atomic E-state index is 11.9. The van der Waals surface area contributed by atoms with Gasteiger partial charge >= 0.3 is 0 Å². The van der Waals surface area contributed by atoms with E-state index in [1.807, 2.05) is 18.2 Å². The van der Waals surface area contributed by atoms with Gasteiger partial charge in [0.25, 0.3) is 11.1 Å². The molecule has 3 aromatic rings. The molecule has 1 N–H and O–H groups in total. The molecule has 0 spiro atoms. The summed E-state index contributed by atoms with van der Waals surface area (Å²) >= 11 is 0.917. The summed E-state index contributed by atoms with van der Waals surface area (Å²) in [7, 11) is 0. The van der Waals surface area contributed by atoms with Crippen LogP contribution in [0.5, 0.6) is 0 Å². The van der Waals surface area contributed by atoms with Crippen LogP contribution in [0, 0.1) is 0 Å². The Kier molecular flexibility index (Phi) is 6.11. The highest BCUT2D eigenvalue weighted by Crippen LogP contribution is 2.31. The van der Waals surface area contributed by atoms with E-state index >= 15 is 0 Å². The van der Waals surface area contributed by atoms with Gasteiger partial charge in [-0.1, -0.05) is 25.1 Å². The van der Waals surface area contributed by atoms with Crippen LogP contribution in [0.3, 0.4) is 0 Å². The van der Waals surface area contributed by atoms with E-state index in [2.05, 4.69) is 56.3 Å². The van der Waals surface area contributed by atoms with Crippen LogP contribution in [0.2, 0.25) is 0 Å². The number of piperazine rings is 1. The smallest absolute Gasteiger partial charge is 0.290 e. The molecule has 5 rings (SSSR count). The number of fused-ring (bicyclic) bond motifs is 1. The maximum absolute atomic E-state index is 11.9. The highest BCUT2D eigenvalue weighted by Gasteiger charge is 2.25. The number of hydrogen-bond acceptors (Lipinski definition) is 7. The topological polar surface area (TPSA) is 78.4 Å². The molecule has 33 heavy (non-hydrogen) atoms. The van der Waals surface area contributed by atoms with Crippen LogP contribution in [-0.4, -0.2) is 58.7 Å². The molecular formula is C25H25N5O2S. The van der Waals surface area contributed by atoms with Gasteiger partial charge in [0.1, 0.15) is 6.33 Å². The molecule has 168 valence electrons. The van der Waals surface area contributed by atoms with Gasteiger partial charge in [0.15, 0.2) is 0 Å². The van der Waals surface area contributed by atoms with E-state index in [1.54, 1.807) is 12.4 Å². The van der Waals surface area contributed by atoms with Crippen LogP contribution < -0.4 is 10.2 Å². The SMILES string of the molecule is CCCN1CCN(c2cccc(-c3ncnc4ccc(/C=C5\SC(=O)NC5=O)cc34)c2)CC1. The zero-order valence-corrected chi connectivity index (χ0v) is 19.3.